The first-order valence-corrected chi connectivity index (χ1v) is 6.46. The predicted molar refractivity (Wildman–Crippen MR) is 76.8 cm³/mol. The highest BCUT2D eigenvalue weighted by Gasteiger charge is 2.09. The van der Waals surface area contributed by atoms with Crippen molar-refractivity contribution in [3.05, 3.63) is 29.8 Å². The van der Waals surface area contributed by atoms with Crippen LogP contribution in [0.4, 0.5) is 10.5 Å². The number of amides is 3. The highest BCUT2D eigenvalue weighted by molar-refractivity contribution is 6.01. The van der Waals surface area contributed by atoms with Crippen molar-refractivity contribution in [3.63, 3.8) is 0 Å². The number of carbonyl (C=O) groups is 3. The number of Topliss-reactive ketones (excluding diaryl/α,β-unsaturated/α-hetero) is 1. The topological polar surface area (TPSA) is 87.3 Å². The molecule has 0 bridgehead atoms. The van der Waals surface area contributed by atoms with Gasteiger partial charge in [0.05, 0.1) is 6.54 Å². The molecule has 1 aromatic carbocycles. The van der Waals surface area contributed by atoms with Crippen molar-refractivity contribution in [1.29, 1.82) is 0 Å². The van der Waals surface area contributed by atoms with Gasteiger partial charge < -0.3 is 10.6 Å². The van der Waals surface area contributed by atoms with Crippen LogP contribution in [0.25, 0.3) is 0 Å². The highest BCUT2D eigenvalue weighted by Crippen LogP contribution is 2.14. The van der Waals surface area contributed by atoms with Crippen molar-refractivity contribution in [3.8, 4) is 0 Å². The summed E-state index contributed by atoms with van der Waals surface area (Å²) in [6.45, 7) is 3.81. The van der Waals surface area contributed by atoms with E-state index in [2.05, 4.69) is 16.0 Å². The Balaban J connectivity index is 2.49. The molecule has 1 rings (SSSR count). The van der Waals surface area contributed by atoms with Gasteiger partial charge in [-0.05, 0) is 25.5 Å². The summed E-state index contributed by atoms with van der Waals surface area (Å²) in [6.07, 6.45) is 0.797. The van der Waals surface area contributed by atoms with E-state index >= 15 is 0 Å². The highest BCUT2D eigenvalue weighted by atomic mass is 16.2. The summed E-state index contributed by atoms with van der Waals surface area (Å²) in [4.78, 5) is 34.2. The van der Waals surface area contributed by atoms with E-state index in [-0.39, 0.29) is 12.3 Å². The molecule has 0 fully saturated rings. The van der Waals surface area contributed by atoms with E-state index in [9.17, 15) is 14.4 Å². The lowest BCUT2D eigenvalue weighted by Crippen LogP contribution is -2.42. The van der Waals surface area contributed by atoms with E-state index in [4.69, 9.17) is 0 Å². The van der Waals surface area contributed by atoms with Crippen molar-refractivity contribution in [2.24, 2.45) is 0 Å². The van der Waals surface area contributed by atoms with Crippen molar-refractivity contribution in [1.82, 2.24) is 10.6 Å². The fraction of sp³-hybridized carbons (Fsp3) is 0.357. The summed E-state index contributed by atoms with van der Waals surface area (Å²) in [5, 5.41) is 7.58. The zero-order valence-electron chi connectivity index (χ0n) is 11.7. The van der Waals surface area contributed by atoms with Gasteiger partial charge in [0.25, 0.3) is 0 Å². The number of nitrogens with one attached hydrogen (secondary N) is 3. The monoisotopic (exact) mass is 277 g/mol. The molecular weight excluding hydrogens is 258 g/mol. The second-order valence-electron chi connectivity index (χ2n) is 4.26. The average Bonchev–Trinajstić information content (AvgIpc) is 2.43. The van der Waals surface area contributed by atoms with Gasteiger partial charge in [0.1, 0.15) is 0 Å². The van der Waals surface area contributed by atoms with Crippen LogP contribution in [0.3, 0.4) is 0 Å². The Morgan fingerprint density at radius 1 is 1.15 bits per heavy atom. The van der Waals surface area contributed by atoms with E-state index < -0.39 is 11.9 Å². The van der Waals surface area contributed by atoms with E-state index in [0.29, 0.717) is 17.8 Å². The molecule has 6 heteroatoms. The molecule has 0 spiro atoms. The van der Waals surface area contributed by atoms with Crippen LogP contribution in [-0.4, -0.2) is 30.8 Å². The molecule has 0 atom stereocenters. The van der Waals surface area contributed by atoms with E-state index in [1.165, 1.54) is 6.92 Å². The van der Waals surface area contributed by atoms with Crippen LogP contribution in [0.1, 0.15) is 30.6 Å². The third-order valence-corrected chi connectivity index (χ3v) is 2.53. The number of hydrogen-bond donors (Lipinski definition) is 3. The minimum absolute atomic E-state index is 0.0795. The Morgan fingerprint density at radius 2 is 1.85 bits per heavy atom. The summed E-state index contributed by atoms with van der Waals surface area (Å²) in [5.74, 6) is -0.550. The lowest BCUT2D eigenvalue weighted by atomic mass is 10.1. The van der Waals surface area contributed by atoms with Crippen molar-refractivity contribution < 1.29 is 14.4 Å². The molecule has 0 radical (unpaired) electrons. The number of rotatable bonds is 6. The first kappa shape index (κ1) is 15.7. The normalized spacial score (nSPS) is 9.70. The number of benzene rings is 1. The van der Waals surface area contributed by atoms with Crippen LogP contribution in [0.5, 0.6) is 0 Å². The Bertz CT molecular complexity index is 500. The minimum Gasteiger partial charge on any atom is -0.376 e. The van der Waals surface area contributed by atoms with Gasteiger partial charge in [-0.1, -0.05) is 19.1 Å². The molecule has 3 N–H and O–H groups in total. The number of urea groups is 1. The Kier molecular flexibility index (Phi) is 6.22. The molecule has 1 aromatic rings. The van der Waals surface area contributed by atoms with Crippen molar-refractivity contribution in [2.45, 2.75) is 20.3 Å². The molecule has 0 aliphatic rings. The Morgan fingerprint density at radius 3 is 2.50 bits per heavy atom. The largest absolute Gasteiger partial charge is 0.376 e. The van der Waals surface area contributed by atoms with Gasteiger partial charge in [0.15, 0.2) is 5.78 Å². The second-order valence-corrected chi connectivity index (χ2v) is 4.26. The van der Waals surface area contributed by atoms with Gasteiger partial charge in [-0.15, -0.1) is 0 Å². The van der Waals surface area contributed by atoms with Gasteiger partial charge in [0, 0.05) is 17.8 Å². The number of carbonyl (C=O) groups excluding carboxylic acids is 3. The lowest BCUT2D eigenvalue weighted by molar-refractivity contribution is -0.118. The Hall–Kier alpha value is -2.37. The quantitative estimate of drug-likeness (QED) is 0.688. The molecule has 0 unspecified atom stereocenters. The van der Waals surface area contributed by atoms with E-state index in [1.807, 2.05) is 6.92 Å². The fourth-order valence-corrected chi connectivity index (χ4v) is 1.57. The number of ketones is 1. The molecule has 0 saturated heterocycles. The molecule has 0 aliphatic heterocycles. The molecule has 0 saturated carbocycles. The van der Waals surface area contributed by atoms with Crippen LogP contribution in [-0.2, 0) is 4.79 Å². The van der Waals surface area contributed by atoms with Gasteiger partial charge >= 0.3 is 6.03 Å². The van der Waals surface area contributed by atoms with Crippen LogP contribution in [0, 0.1) is 0 Å². The maximum absolute atomic E-state index is 11.6. The molecule has 3 amide bonds. The number of para-hydroxylation sites is 1. The zero-order valence-corrected chi connectivity index (χ0v) is 11.7. The van der Waals surface area contributed by atoms with Gasteiger partial charge in [-0.2, -0.15) is 0 Å². The molecule has 0 aromatic heterocycles. The van der Waals surface area contributed by atoms with Crippen molar-refractivity contribution >= 4 is 23.4 Å². The summed E-state index contributed by atoms with van der Waals surface area (Å²) in [6, 6.07) is 6.39. The summed E-state index contributed by atoms with van der Waals surface area (Å²) < 4.78 is 0. The maximum atomic E-state index is 11.6. The summed E-state index contributed by atoms with van der Waals surface area (Å²) in [7, 11) is 0. The number of anilines is 1. The SMILES string of the molecule is CCCNC(=O)NC(=O)CNc1ccccc1C(C)=O. The molecule has 0 heterocycles. The fourth-order valence-electron chi connectivity index (χ4n) is 1.57. The van der Waals surface area contributed by atoms with Gasteiger partial charge in [-0.3, -0.25) is 14.9 Å². The average molecular weight is 277 g/mol. The molecule has 0 aliphatic carbocycles. The minimum atomic E-state index is -0.515. The molecule has 6 nitrogen and oxygen atoms in total. The van der Waals surface area contributed by atoms with Crippen LogP contribution < -0.4 is 16.0 Å². The lowest BCUT2D eigenvalue weighted by Gasteiger charge is -2.10. The third kappa shape index (κ3) is 5.09. The zero-order chi connectivity index (χ0) is 15.0. The summed E-state index contributed by atoms with van der Waals surface area (Å²) >= 11 is 0. The molecular formula is C14H19N3O3. The second kappa shape index (κ2) is 7.93. The van der Waals surface area contributed by atoms with Crippen LogP contribution >= 0.6 is 0 Å². The first-order valence-electron chi connectivity index (χ1n) is 6.46. The molecule has 108 valence electrons. The van der Waals surface area contributed by atoms with Gasteiger partial charge in [0.2, 0.25) is 5.91 Å². The summed E-state index contributed by atoms with van der Waals surface area (Å²) in [5.41, 5.74) is 1.08. The Labute approximate surface area is 117 Å². The van der Waals surface area contributed by atoms with Crippen molar-refractivity contribution in [2.75, 3.05) is 18.4 Å². The maximum Gasteiger partial charge on any atom is 0.321 e. The molecule has 20 heavy (non-hydrogen) atoms. The van der Waals surface area contributed by atoms with E-state index in [0.717, 1.165) is 6.42 Å². The number of hydrogen-bond acceptors (Lipinski definition) is 4. The van der Waals surface area contributed by atoms with E-state index in [1.54, 1.807) is 24.3 Å². The standard InChI is InChI=1S/C14H19N3O3/c1-3-8-15-14(20)17-13(19)9-16-12-7-5-4-6-11(12)10(2)18/h4-7,16H,3,8-9H2,1-2H3,(H2,15,17,19,20). The number of imide groups is 1. The smallest absolute Gasteiger partial charge is 0.321 e. The van der Waals surface area contributed by atoms with Crippen LogP contribution in [0.15, 0.2) is 24.3 Å². The third-order valence-electron chi connectivity index (χ3n) is 2.53. The predicted octanol–water partition coefficient (Wildman–Crippen LogP) is 1.54. The first-order chi connectivity index (χ1) is 9.54. The van der Waals surface area contributed by atoms with Crippen LogP contribution in [0.2, 0.25) is 0 Å². The van der Waals surface area contributed by atoms with Gasteiger partial charge in [-0.25, -0.2) is 4.79 Å².